The lowest BCUT2D eigenvalue weighted by molar-refractivity contribution is -0.155. The Kier molecular flexibility index (Phi) is 12.5. The summed E-state index contributed by atoms with van der Waals surface area (Å²) in [6.45, 7) is 6.93. The third-order valence-electron chi connectivity index (χ3n) is 2.99. The second kappa shape index (κ2) is 12.9. The van der Waals surface area contributed by atoms with Gasteiger partial charge in [-0.15, -0.1) is 0 Å². The molecule has 0 radical (unpaired) electrons. The summed E-state index contributed by atoms with van der Waals surface area (Å²) in [5.74, 6) is -0.236. The minimum Gasteiger partial charge on any atom is -0.464 e. The van der Waals surface area contributed by atoms with Gasteiger partial charge in [0.1, 0.15) is 0 Å². The summed E-state index contributed by atoms with van der Waals surface area (Å²) in [6.07, 6.45) is 9.61. The molecule has 0 aliphatic carbocycles. The van der Waals surface area contributed by atoms with Crippen LogP contribution in [0.3, 0.4) is 0 Å². The molecule has 0 aliphatic rings. The van der Waals surface area contributed by atoms with Crippen LogP contribution in [0.5, 0.6) is 0 Å². The van der Waals surface area contributed by atoms with Gasteiger partial charge in [0.25, 0.3) is 0 Å². The zero-order valence-electron chi connectivity index (χ0n) is 12.4. The van der Waals surface area contributed by atoms with Crippen LogP contribution in [0.1, 0.15) is 72.1 Å². The van der Waals surface area contributed by atoms with Crippen molar-refractivity contribution in [2.24, 2.45) is 0 Å². The number of carbonyl (C=O) groups is 1. The Balaban J connectivity index is 3.22. The van der Waals surface area contributed by atoms with Crippen LogP contribution in [0.15, 0.2) is 0 Å². The molecule has 18 heavy (non-hydrogen) atoms. The highest BCUT2D eigenvalue weighted by atomic mass is 16.6. The van der Waals surface area contributed by atoms with Gasteiger partial charge < -0.3 is 9.47 Å². The van der Waals surface area contributed by atoms with Gasteiger partial charge in [-0.3, -0.25) is 0 Å². The summed E-state index contributed by atoms with van der Waals surface area (Å²) < 4.78 is 10.3. The van der Waals surface area contributed by atoms with Crippen LogP contribution in [0.4, 0.5) is 0 Å². The fourth-order valence-electron chi connectivity index (χ4n) is 1.84. The Hall–Kier alpha value is -0.570. The average Bonchev–Trinajstić information content (AvgIpc) is 2.36. The van der Waals surface area contributed by atoms with E-state index in [1.807, 2.05) is 6.92 Å². The van der Waals surface area contributed by atoms with E-state index in [1.54, 1.807) is 6.92 Å². The molecule has 0 aromatic carbocycles. The molecule has 0 spiro atoms. The van der Waals surface area contributed by atoms with Gasteiger partial charge in [0, 0.05) is 6.61 Å². The maximum Gasteiger partial charge on any atom is 0.334 e. The molecule has 3 nitrogen and oxygen atoms in total. The van der Waals surface area contributed by atoms with Crippen LogP contribution in [-0.4, -0.2) is 25.3 Å². The van der Waals surface area contributed by atoms with E-state index in [2.05, 4.69) is 6.92 Å². The first-order valence-corrected chi connectivity index (χ1v) is 7.50. The summed E-state index contributed by atoms with van der Waals surface area (Å²) in [5, 5.41) is 0. The number of hydrogen-bond donors (Lipinski definition) is 0. The summed E-state index contributed by atoms with van der Waals surface area (Å²) in [6, 6.07) is 0. The molecule has 0 saturated carbocycles. The molecule has 1 unspecified atom stereocenters. The Morgan fingerprint density at radius 1 is 0.944 bits per heavy atom. The lowest BCUT2D eigenvalue weighted by Gasteiger charge is -2.11. The quantitative estimate of drug-likeness (QED) is 0.390. The normalized spacial score (nSPS) is 12.4. The maximum atomic E-state index is 11.4. The van der Waals surface area contributed by atoms with Crippen LogP contribution < -0.4 is 0 Å². The maximum absolute atomic E-state index is 11.4. The van der Waals surface area contributed by atoms with Crippen LogP contribution in [-0.2, 0) is 14.3 Å². The second-order valence-corrected chi connectivity index (χ2v) is 4.74. The molecule has 3 heteroatoms. The van der Waals surface area contributed by atoms with Crippen molar-refractivity contribution in [3.63, 3.8) is 0 Å². The molecule has 1 atom stereocenters. The van der Waals surface area contributed by atoms with Crippen molar-refractivity contribution in [2.45, 2.75) is 78.2 Å². The van der Waals surface area contributed by atoms with Crippen LogP contribution in [0.2, 0.25) is 0 Å². The van der Waals surface area contributed by atoms with E-state index in [4.69, 9.17) is 9.47 Å². The summed E-state index contributed by atoms with van der Waals surface area (Å²) >= 11 is 0. The minimum atomic E-state index is -0.427. The molecule has 0 aliphatic heterocycles. The lowest BCUT2D eigenvalue weighted by Crippen LogP contribution is -2.23. The number of ether oxygens (including phenoxy) is 2. The first-order chi connectivity index (χ1) is 8.72. The van der Waals surface area contributed by atoms with E-state index < -0.39 is 6.10 Å². The molecule has 0 bridgehead atoms. The Bertz CT molecular complexity index is 192. The Morgan fingerprint density at radius 2 is 1.50 bits per heavy atom. The second-order valence-electron chi connectivity index (χ2n) is 4.74. The molecule has 0 saturated heterocycles. The molecule has 0 amide bonds. The zero-order chi connectivity index (χ0) is 13.6. The largest absolute Gasteiger partial charge is 0.464 e. The highest BCUT2D eigenvalue weighted by Crippen LogP contribution is 2.08. The fourth-order valence-corrected chi connectivity index (χ4v) is 1.84. The van der Waals surface area contributed by atoms with Crippen LogP contribution in [0, 0.1) is 0 Å². The lowest BCUT2D eigenvalue weighted by atomic mass is 10.1. The van der Waals surface area contributed by atoms with Gasteiger partial charge in [-0.1, -0.05) is 51.9 Å². The van der Waals surface area contributed by atoms with Crippen molar-refractivity contribution in [3.05, 3.63) is 0 Å². The Morgan fingerprint density at radius 3 is 2.06 bits per heavy atom. The molecule has 0 heterocycles. The van der Waals surface area contributed by atoms with E-state index >= 15 is 0 Å². The van der Waals surface area contributed by atoms with E-state index in [-0.39, 0.29) is 5.97 Å². The van der Waals surface area contributed by atoms with Gasteiger partial charge >= 0.3 is 5.97 Å². The van der Waals surface area contributed by atoms with Crippen LogP contribution in [0.25, 0.3) is 0 Å². The zero-order valence-corrected chi connectivity index (χ0v) is 12.4. The van der Waals surface area contributed by atoms with Crippen molar-refractivity contribution >= 4 is 5.97 Å². The smallest absolute Gasteiger partial charge is 0.334 e. The van der Waals surface area contributed by atoms with Gasteiger partial charge in [-0.2, -0.15) is 0 Å². The van der Waals surface area contributed by atoms with Crippen LogP contribution >= 0.6 is 0 Å². The number of unbranched alkanes of at least 4 members (excludes halogenated alkanes) is 7. The highest BCUT2D eigenvalue weighted by Gasteiger charge is 2.13. The number of rotatable bonds is 12. The van der Waals surface area contributed by atoms with Crippen molar-refractivity contribution in [1.82, 2.24) is 0 Å². The molecule has 0 N–H and O–H groups in total. The predicted molar refractivity (Wildman–Crippen MR) is 74.7 cm³/mol. The highest BCUT2D eigenvalue weighted by molar-refractivity contribution is 5.74. The van der Waals surface area contributed by atoms with Crippen molar-refractivity contribution in [2.75, 3.05) is 13.2 Å². The predicted octanol–water partition coefficient (Wildman–Crippen LogP) is 4.10. The van der Waals surface area contributed by atoms with E-state index in [1.165, 1.54) is 38.5 Å². The van der Waals surface area contributed by atoms with Gasteiger partial charge in [0.05, 0.1) is 6.61 Å². The monoisotopic (exact) mass is 258 g/mol. The summed E-state index contributed by atoms with van der Waals surface area (Å²) in [7, 11) is 0. The van der Waals surface area contributed by atoms with Gasteiger partial charge in [0.2, 0.25) is 0 Å². The number of esters is 1. The summed E-state index contributed by atoms with van der Waals surface area (Å²) in [4.78, 5) is 11.4. The molecule has 0 fully saturated rings. The summed E-state index contributed by atoms with van der Waals surface area (Å²) in [5.41, 5.74) is 0. The molecule has 0 aromatic rings. The van der Waals surface area contributed by atoms with Crippen molar-refractivity contribution in [1.29, 1.82) is 0 Å². The van der Waals surface area contributed by atoms with Crippen molar-refractivity contribution in [3.8, 4) is 0 Å². The van der Waals surface area contributed by atoms with Crippen molar-refractivity contribution < 1.29 is 14.3 Å². The van der Waals surface area contributed by atoms with E-state index in [0.717, 1.165) is 12.8 Å². The fraction of sp³-hybridized carbons (Fsp3) is 0.933. The van der Waals surface area contributed by atoms with E-state index in [0.29, 0.717) is 13.2 Å². The van der Waals surface area contributed by atoms with Gasteiger partial charge in [0.15, 0.2) is 6.10 Å². The minimum absolute atomic E-state index is 0.236. The molecular formula is C15H30O3. The number of carbonyl (C=O) groups excluding carboxylic acids is 1. The Labute approximate surface area is 112 Å². The SMILES string of the molecule is CCCCCCCCCCOC(=O)C(C)OCC. The standard InChI is InChI=1S/C15H30O3/c1-4-6-7-8-9-10-11-12-13-18-15(16)14(3)17-5-2/h14H,4-13H2,1-3H3. The topological polar surface area (TPSA) is 35.5 Å². The average molecular weight is 258 g/mol. The molecular weight excluding hydrogens is 228 g/mol. The van der Waals surface area contributed by atoms with Gasteiger partial charge in [-0.05, 0) is 20.3 Å². The first kappa shape index (κ1) is 17.4. The molecule has 0 rings (SSSR count). The first-order valence-electron chi connectivity index (χ1n) is 7.50. The third-order valence-corrected chi connectivity index (χ3v) is 2.99. The molecule has 0 aromatic heterocycles. The molecule has 108 valence electrons. The van der Waals surface area contributed by atoms with Gasteiger partial charge in [-0.25, -0.2) is 4.79 Å². The third kappa shape index (κ3) is 10.6. The van der Waals surface area contributed by atoms with E-state index in [9.17, 15) is 4.79 Å². The number of hydrogen-bond acceptors (Lipinski definition) is 3.